The first-order valence-corrected chi connectivity index (χ1v) is 9.40. The number of anilines is 1. The van der Waals surface area contributed by atoms with Gasteiger partial charge in [0, 0.05) is 22.0 Å². The van der Waals surface area contributed by atoms with E-state index in [9.17, 15) is 15.0 Å². The minimum absolute atomic E-state index is 0.117. The van der Waals surface area contributed by atoms with Crippen LogP contribution in [0.1, 0.15) is 22.8 Å². The highest BCUT2D eigenvalue weighted by Crippen LogP contribution is 2.39. The third kappa shape index (κ3) is 3.22. The molecule has 4 aromatic rings. The van der Waals surface area contributed by atoms with Crippen LogP contribution in [0, 0.1) is 6.92 Å². The van der Waals surface area contributed by atoms with Crippen LogP contribution in [0.15, 0.2) is 48.5 Å². The number of aromatic amines is 1. The van der Waals surface area contributed by atoms with Gasteiger partial charge < -0.3 is 26.7 Å². The van der Waals surface area contributed by atoms with E-state index in [1.54, 1.807) is 6.07 Å². The summed E-state index contributed by atoms with van der Waals surface area (Å²) in [7, 11) is 0. The van der Waals surface area contributed by atoms with Crippen LogP contribution in [0.5, 0.6) is 0 Å². The number of rotatable bonds is 5. The maximum atomic E-state index is 11.6. The molecule has 29 heavy (non-hydrogen) atoms. The van der Waals surface area contributed by atoms with Gasteiger partial charge in [-0.1, -0.05) is 36.4 Å². The number of fused-ring (bicyclic) bond motifs is 3. The number of aliphatic hydroxyl groups is 2. The molecule has 0 saturated carbocycles. The number of hydrogen-bond acceptors (Lipinski definition) is 4. The molecule has 1 aromatic heterocycles. The molecule has 1 amide bonds. The largest absolute Gasteiger partial charge is 0.398 e. The number of carbonyl (C=O) groups excluding carboxylic acids is 1. The lowest BCUT2D eigenvalue weighted by Gasteiger charge is -2.12. The molecule has 1 atom stereocenters. The Hall–Kier alpha value is -3.35. The molecule has 4 rings (SSSR count). The Kier molecular flexibility index (Phi) is 4.74. The van der Waals surface area contributed by atoms with Crippen molar-refractivity contribution in [2.24, 2.45) is 5.73 Å². The van der Waals surface area contributed by atoms with Crippen LogP contribution in [0.2, 0.25) is 0 Å². The Balaban J connectivity index is 2.07. The molecule has 0 saturated heterocycles. The Morgan fingerprint density at radius 2 is 1.93 bits per heavy atom. The molecule has 1 unspecified atom stereocenters. The molecular weight excluding hydrogens is 366 g/mol. The highest BCUT2D eigenvalue weighted by Gasteiger charge is 2.17. The first-order chi connectivity index (χ1) is 13.9. The number of benzene rings is 3. The third-order valence-corrected chi connectivity index (χ3v) is 5.45. The summed E-state index contributed by atoms with van der Waals surface area (Å²) < 4.78 is 0. The van der Waals surface area contributed by atoms with Crippen molar-refractivity contribution in [3.8, 4) is 11.1 Å². The average Bonchev–Trinajstić information content (AvgIpc) is 3.09. The summed E-state index contributed by atoms with van der Waals surface area (Å²) in [5.74, 6) is -0.408. The molecule has 6 nitrogen and oxygen atoms in total. The van der Waals surface area contributed by atoms with Gasteiger partial charge in [0.15, 0.2) is 0 Å². The molecule has 7 N–H and O–H groups in total. The number of H-pyrrole nitrogens is 1. The summed E-state index contributed by atoms with van der Waals surface area (Å²) in [5.41, 5.74) is 18.4. The predicted molar refractivity (Wildman–Crippen MR) is 115 cm³/mol. The molecule has 0 radical (unpaired) electrons. The van der Waals surface area contributed by atoms with Crippen molar-refractivity contribution in [2.75, 3.05) is 12.3 Å². The van der Waals surface area contributed by atoms with Gasteiger partial charge in [0.25, 0.3) is 0 Å². The van der Waals surface area contributed by atoms with Crippen molar-refractivity contribution in [3.63, 3.8) is 0 Å². The number of nitrogens with two attached hydrogens (primary N) is 2. The monoisotopic (exact) mass is 389 g/mol. The molecule has 0 fully saturated rings. The van der Waals surface area contributed by atoms with Gasteiger partial charge in [-0.15, -0.1) is 0 Å². The van der Waals surface area contributed by atoms with E-state index in [4.69, 9.17) is 11.5 Å². The molecule has 0 aliphatic heterocycles. The Morgan fingerprint density at radius 1 is 1.14 bits per heavy atom. The van der Waals surface area contributed by atoms with Crippen LogP contribution in [0.3, 0.4) is 0 Å². The number of aromatic nitrogens is 1. The maximum Gasteiger partial charge on any atom is 0.221 e. The van der Waals surface area contributed by atoms with Crippen LogP contribution < -0.4 is 11.5 Å². The standard InChI is InChI=1S/C23H23N3O3/c1-12-15(3-2-4-18(12)24)16-7-6-14(10-21(25)29)23-22(16)17-8-5-13(20(28)11-27)9-19(17)26-23/h2-9,20,26-28H,10-11,24H2,1H3,(H2,25,29). The number of carbonyl (C=O) groups is 1. The fraction of sp³-hybridized carbons (Fsp3) is 0.174. The number of aliphatic hydroxyl groups excluding tert-OH is 2. The lowest BCUT2D eigenvalue weighted by Crippen LogP contribution is -2.13. The van der Waals surface area contributed by atoms with Crippen molar-refractivity contribution >= 4 is 33.4 Å². The van der Waals surface area contributed by atoms with E-state index in [0.29, 0.717) is 11.3 Å². The van der Waals surface area contributed by atoms with Crippen molar-refractivity contribution in [1.82, 2.24) is 4.98 Å². The van der Waals surface area contributed by atoms with E-state index in [1.807, 2.05) is 49.4 Å². The quantitative estimate of drug-likeness (QED) is 0.336. The molecule has 0 aliphatic carbocycles. The first-order valence-electron chi connectivity index (χ1n) is 9.40. The summed E-state index contributed by atoms with van der Waals surface area (Å²) >= 11 is 0. The minimum Gasteiger partial charge on any atom is -0.398 e. The van der Waals surface area contributed by atoms with Gasteiger partial charge in [-0.2, -0.15) is 0 Å². The van der Waals surface area contributed by atoms with Crippen molar-refractivity contribution in [3.05, 3.63) is 65.2 Å². The lowest BCUT2D eigenvalue weighted by atomic mass is 9.92. The highest BCUT2D eigenvalue weighted by atomic mass is 16.3. The van der Waals surface area contributed by atoms with E-state index in [0.717, 1.165) is 44.1 Å². The van der Waals surface area contributed by atoms with Crippen molar-refractivity contribution < 1.29 is 15.0 Å². The molecule has 3 aromatic carbocycles. The molecule has 148 valence electrons. The molecule has 1 heterocycles. The Morgan fingerprint density at radius 3 is 2.66 bits per heavy atom. The van der Waals surface area contributed by atoms with Gasteiger partial charge in [-0.3, -0.25) is 4.79 Å². The first kappa shape index (κ1) is 19.0. The van der Waals surface area contributed by atoms with Gasteiger partial charge in [-0.05, 0) is 46.9 Å². The SMILES string of the molecule is Cc1c(N)cccc1-c1ccc(CC(N)=O)c2[nH]c3cc(C(O)CO)ccc3c12. The van der Waals surface area contributed by atoms with Gasteiger partial charge in [0.05, 0.1) is 18.5 Å². The van der Waals surface area contributed by atoms with Crippen LogP contribution in [0.25, 0.3) is 32.9 Å². The second-order valence-corrected chi connectivity index (χ2v) is 7.31. The van der Waals surface area contributed by atoms with Gasteiger partial charge in [0.1, 0.15) is 6.10 Å². The van der Waals surface area contributed by atoms with E-state index >= 15 is 0 Å². The van der Waals surface area contributed by atoms with Crippen LogP contribution in [0.4, 0.5) is 5.69 Å². The number of amides is 1. The summed E-state index contributed by atoms with van der Waals surface area (Å²) in [6.07, 6.45) is -0.836. The number of nitrogen functional groups attached to an aromatic ring is 1. The van der Waals surface area contributed by atoms with Gasteiger partial charge in [-0.25, -0.2) is 0 Å². The van der Waals surface area contributed by atoms with Crippen LogP contribution >= 0.6 is 0 Å². The third-order valence-electron chi connectivity index (χ3n) is 5.45. The molecule has 0 aliphatic rings. The highest BCUT2D eigenvalue weighted by molar-refractivity contribution is 6.16. The van der Waals surface area contributed by atoms with E-state index in [1.165, 1.54) is 0 Å². The summed E-state index contributed by atoms with van der Waals surface area (Å²) in [6, 6.07) is 15.3. The van der Waals surface area contributed by atoms with Crippen molar-refractivity contribution in [1.29, 1.82) is 0 Å². The Labute approximate surface area is 167 Å². The van der Waals surface area contributed by atoms with Crippen molar-refractivity contribution in [2.45, 2.75) is 19.4 Å². The number of hydrogen-bond donors (Lipinski definition) is 5. The van der Waals surface area contributed by atoms with Crippen LogP contribution in [-0.4, -0.2) is 27.7 Å². The zero-order valence-electron chi connectivity index (χ0n) is 16.1. The predicted octanol–water partition coefficient (Wildman–Crippen LogP) is 2.93. The minimum atomic E-state index is -0.952. The van der Waals surface area contributed by atoms with E-state index in [2.05, 4.69) is 4.98 Å². The summed E-state index contributed by atoms with van der Waals surface area (Å²) in [5, 5.41) is 21.2. The Bertz CT molecular complexity index is 1240. The topological polar surface area (TPSA) is 125 Å². The fourth-order valence-electron chi connectivity index (χ4n) is 3.90. The van der Waals surface area contributed by atoms with E-state index in [-0.39, 0.29) is 13.0 Å². The maximum absolute atomic E-state index is 11.6. The fourth-order valence-corrected chi connectivity index (χ4v) is 3.90. The number of primary amides is 1. The molecule has 6 heteroatoms. The average molecular weight is 389 g/mol. The van der Waals surface area contributed by atoms with E-state index < -0.39 is 12.0 Å². The zero-order valence-corrected chi connectivity index (χ0v) is 16.1. The zero-order chi connectivity index (χ0) is 20.7. The lowest BCUT2D eigenvalue weighted by molar-refractivity contribution is -0.117. The molecule has 0 bridgehead atoms. The molecular formula is C23H23N3O3. The normalized spacial score (nSPS) is 12.5. The molecule has 0 spiro atoms. The van der Waals surface area contributed by atoms with Gasteiger partial charge >= 0.3 is 0 Å². The number of nitrogens with one attached hydrogen (secondary N) is 1. The summed E-state index contributed by atoms with van der Waals surface area (Å²) in [4.78, 5) is 15.0. The second-order valence-electron chi connectivity index (χ2n) is 7.31. The summed E-state index contributed by atoms with van der Waals surface area (Å²) in [6.45, 7) is 1.63. The van der Waals surface area contributed by atoms with Gasteiger partial charge in [0.2, 0.25) is 5.91 Å². The van der Waals surface area contributed by atoms with Crippen LogP contribution in [-0.2, 0) is 11.2 Å². The second kappa shape index (κ2) is 7.24. The smallest absolute Gasteiger partial charge is 0.221 e.